The summed E-state index contributed by atoms with van der Waals surface area (Å²) in [5, 5.41) is 10.7. The predicted octanol–water partition coefficient (Wildman–Crippen LogP) is 1.66. The molecular formula is C17H18ClN3O4S. The van der Waals surface area contributed by atoms with Crippen molar-refractivity contribution in [1.82, 2.24) is 4.31 Å². The van der Waals surface area contributed by atoms with Crippen LogP contribution in [-0.4, -0.2) is 49.9 Å². The fourth-order valence-corrected chi connectivity index (χ4v) is 4.76. The van der Waals surface area contributed by atoms with Crippen LogP contribution in [-0.2, 0) is 10.0 Å². The van der Waals surface area contributed by atoms with E-state index >= 15 is 0 Å². The number of nitrogens with zero attached hydrogens (tertiary/aromatic N) is 2. The standard InChI is InChI=1S/C17H18ClN3O4S/c18-12-4-6-13(7-5-12)20-8-10-21(11-9-20)26(24,25)16-14(17(19)23)2-1-3-15(16)22/h1-7,22H,8-11H2,(H2,19,23). The Morgan fingerprint density at radius 2 is 1.65 bits per heavy atom. The number of phenolic OH excluding ortho intramolecular Hbond substituents is 1. The molecule has 9 heteroatoms. The van der Waals surface area contributed by atoms with Gasteiger partial charge in [-0.3, -0.25) is 4.79 Å². The van der Waals surface area contributed by atoms with Gasteiger partial charge in [0.25, 0.3) is 0 Å². The maximum atomic E-state index is 12.9. The number of benzene rings is 2. The molecule has 1 aliphatic rings. The molecule has 0 bridgehead atoms. The minimum Gasteiger partial charge on any atom is -0.507 e. The number of amides is 1. The van der Waals surface area contributed by atoms with Crippen LogP contribution < -0.4 is 10.6 Å². The van der Waals surface area contributed by atoms with Gasteiger partial charge < -0.3 is 15.7 Å². The lowest BCUT2D eigenvalue weighted by Crippen LogP contribution is -2.49. The Labute approximate surface area is 156 Å². The minimum absolute atomic E-state index is 0.217. The first-order valence-electron chi connectivity index (χ1n) is 7.93. The van der Waals surface area contributed by atoms with Gasteiger partial charge in [-0.15, -0.1) is 0 Å². The second kappa shape index (κ2) is 7.14. The highest BCUT2D eigenvalue weighted by Gasteiger charge is 2.33. The summed E-state index contributed by atoms with van der Waals surface area (Å²) in [5.74, 6) is -1.39. The molecule has 0 aliphatic carbocycles. The molecule has 0 unspecified atom stereocenters. The Balaban J connectivity index is 1.83. The topological polar surface area (TPSA) is 104 Å². The lowest BCUT2D eigenvalue weighted by molar-refractivity contribution is 0.0996. The van der Waals surface area contributed by atoms with Gasteiger partial charge in [0.2, 0.25) is 15.9 Å². The van der Waals surface area contributed by atoms with E-state index in [-0.39, 0.29) is 18.7 Å². The van der Waals surface area contributed by atoms with E-state index in [0.717, 1.165) is 5.69 Å². The normalized spacial score (nSPS) is 15.8. The largest absolute Gasteiger partial charge is 0.507 e. The van der Waals surface area contributed by atoms with Crippen molar-refractivity contribution in [3.63, 3.8) is 0 Å². The number of phenols is 1. The van der Waals surface area contributed by atoms with Crippen molar-refractivity contribution in [3.05, 3.63) is 53.1 Å². The molecular weight excluding hydrogens is 378 g/mol. The number of anilines is 1. The summed E-state index contributed by atoms with van der Waals surface area (Å²) in [6.45, 7) is 1.38. The van der Waals surface area contributed by atoms with Gasteiger partial charge in [-0.05, 0) is 36.4 Å². The van der Waals surface area contributed by atoms with Crippen LogP contribution >= 0.6 is 11.6 Å². The fraction of sp³-hybridized carbons (Fsp3) is 0.235. The van der Waals surface area contributed by atoms with Crippen molar-refractivity contribution >= 4 is 33.2 Å². The van der Waals surface area contributed by atoms with Gasteiger partial charge in [-0.25, -0.2) is 8.42 Å². The monoisotopic (exact) mass is 395 g/mol. The summed E-state index contributed by atoms with van der Waals surface area (Å²) in [4.78, 5) is 13.2. The van der Waals surface area contributed by atoms with Crippen molar-refractivity contribution in [3.8, 4) is 5.75 Å². The SMILES string of the molecule is NC(=O)c1cccc(O)c1S(=O)(=O)N1CCN(c2ccc(Cl)cc2)CC1. The number of carbonyl (C=O) groups excluding carboxylic acids is 1. The predicted molar refractivity (Wildman–Crippen MR) is 99.0 cm³/mol. The van der Waals surface area contributed by atoms with Gasteiger partial charge in [0.1, 0.15) is 10.6 Å². The summed E-state index contributed by atoms with van der Waals surface area (Å²) in [7, 11) is -4.05. The van der Waals surface area contributed by atoms with Crippen LogP contribution in [0.1, 0.15) is 10.4 Å². The highest BCUT2D eigenvalue weighted by Crippen LogP contribution is 2.30. The van der Waals surface area contributed by atoms with Crippen LogP contribution in [0.25, 0.3) is 0 Å². The van der Waals surface area contributed by atoms with Gasteiger partial charge in [0.05, 0.1) is 5.56 Å². The molecule has 1 heterocycles. The minimum atomic E-state index is -4.05. The molecule has 138 valence electrons. The quantitative estimate of drug-likeness (QED) is 0.819. The molecule has 2 aromatic carbocycles. The Morgan fingerprint density at radius 3 is 2.23 bits per heavy atom. The average molecular weight is 396 g/mol. The Bertz CT molecular complexity index is 924. The molecule has 1 fully saturated rings. The third-order valence-electron chi connectivity index (χ3n) is 4.29. The van der Waals surface area contributed by atoms with Crippen LogP contribution in [0, 0.1) is 0 Å². The van der Waals surface area contributed by atoms with E-state index < -0.39 is 26.6 Å². The van der Waals surface area contributed by atoms with Crippen molar-refractivity contribution < 1.29 is 18.3 Å². The first-order chi connectivity index (χ1) is 12.3. The van der Waals surface area contributed by atoms with Crippen molar-refractivity contribution in [1.29, 1.82) is 0 Å². The number of aromatic hydroxyl groups is 1. The van der Waals surface area contributed by atoms with E-state index in [2.05, 4.69) is 0 Å². The number of hydrogen-bond donors (Lipinski definition) is 2. The highest BCUT2D eigenvalue weighted by molar-refractivity contribution is 7.89. The van der Waals surface area contributed by atoms with Crippen molar-refractivity contribution in [2.45, 2.75) is 4.90 Å². The first-order valence-corrected chi connectivity index (χ1v) is 9.75. The van der Waals surface area contributed by atoms with E-state index in [4.69, 9.17) is 17.3 Å². The van der Waals surface area contributed by atoms with E-state index in [1.54, 1.807) is 12.1 Å². The van der Waals surface area contributed by atoms with Gasteiger partial charge in [0.15, 0.2) is 0 Å². The molecule has 0 aromatic heterocycles. The molecule has 1 saturated heterocycles. The lowest BCUT2D eigenvalue weighted by atomic mass is 10.2. The van der Waals surface area contributed by atoms with E-state index in [0.29, 0.717) is 18.1 Å². The van der Waals surface area contributed by atoms with E-state index in [1.165, 1.54) is 22.5 Å². The zero-order valence-corrected chi connectivity index (χ0v) is 15.4. The number of rotatable bonds is 4. The Morgan fingerprint density at radius 1 is 1.04 bits per heavy atom. The molecule has 0 atom stereocenters. The second-order valence-electron chi connectivity index (χ2n) is 5.89. The van der Waals surface area contributed by atoms with Gasteiger partial charge in [0, 0.05) is 36.9 Å². The van der Waals surface area contributed by atoms with Gasteiger partial charge in [-0.2, -0.15) is 4.31 Å². The van der Waals surface area contributed by atoms with Gasteiger partial charge >= 0.3 is 0 Å². The Hall–Kier alpha value is -2.29. The van der Waals surface area contributed by atoms with Crippen LogP contribution in [0.2, 0.25) is 5.02 Å². The number of hydrogen-bond acceptors (Lipinski definition) is 5. The summed E-state index contributed by atoms with van der Waals surface area (Å²) >= 11 is 5.89. The third kappa shape index (κ3) is 3.48. The second-order valence-corrected chi connectivity index (χ2v) is 8.20. The van der Waals surface area contributed by atoms with Crippen LogP contribution in [0.5, 0.6) is 5.75 Å². The van der Waals surface area contributed by atoms with Crippen LogP contribution in [0.15, 0.2) is 47.4 Å². The molecule has 1 amide bonds. The number of nitrogens with two attached hydrogens (primary N) is 1. The maximum Gasteiger partial charge on any atom is 0.250 e. The zero-order chi connectivity index (χ0) is 18.9. The van der Waals surface area contributed by atoms with Crippen LogP contribution in [0.4, 0.5) is 5.69 Å². The molecule has 3 rings (SSSR count). The molecule has 0 radical (unpaired) electrons. The number of piperazine rings is 1. The molecule has 2 aromatic rings. The lowest BCUT2D eigenvalue weighted by Gasteiger charge is -2.35. The zero-order valence-electron chi connectivity index (χ0n) is 13.8. The number of halogens is 1. The van der Waals surface area contributed by atoms with E-state index in [1.807, 2.05) is 17.0 Å². The molecule has 0 saturated carbocycles. The van der Waals surface area contributed by atoms with Gasteiger partial charge in [-0.1, -0.05) is 17.7 Å². The smallest absolute Gasteiger partial charge is 0.250 e. The number of primary amides is 1. The van der Waals surface area contributed by atoms with Crippen molar-refractivity contribution in [2.24, 2.45) is 5.73 Å². The average Bonchev–Trinajstić information content (AvgIpc) is 2.62. The maximum absolute atomic E-state index is 12.9. The molecule has 3 N–H and O–H groups in total. The highest BCUT2D eigenvalue weighted by atomic mass is 35.5. The molecule has 26 heavy (non-hydrogen) atoms. The summed E-state index contributed by atoms with van der Waals surface area (Å²) in [6.07, 6.45) is 0. The Kier molecular flexibility index (Phi) is 5.08. The third-order valence-corrected chi connectivity index (χ3v) is 6.53. The van der Waals surface area contributed by atoms with E-state index in [9.17, 15) is 18.3 Å². The summed E-state index contributed by atoms with van der Waals surface area (Å²) in [5.41, 5.74) is 6.00. The fourth-order valence-electron chi connectivity index (χ4n) is 2.96. The molecule has 1 aliphatic heterocycles. The van der Waals surface area contributed by atoms with Crippen molar-refractivity contribution in [2.75, 3.05) is 31.1 Å². The molecule has 7 nitrogen and oxygen atoms in total. The summed E-state index contributed by atoms with van der Waals surface area (Å²) < 4.78 is 27.1. The number of carbonyl (C=O) groups is 1. The molecule has 0 spiro atoms. The summed E-state index contributed by atoms with van der Waals surface area (Å²) in [6, 6.07) is 11.2. The van der Waals surface area contributed by atoms with Crippen LogP contribution in [0.3, 0.4) is 0 Å². The first kappa shape index (κ1) is 18.5. The number of sulfonamides is 1.